The zero-order chi connectivity index (χ0) is 18.2. The van der Waals surface area contributed by atoms with E-state index in [1.165, 1.54) is 5.56 Å². The van der Waals surface area contributed by atoms with E-state index in [1.54, 1.807) is 6.07 Å². The second kappa shape index (κ2) is 8.87. The molecule has 6 N–H and O–H groups in total. The molecule has 0 heterocycles. The maximum Gasteiger partial charge on any atom is 0.303 e. The molecule has 0 aliphatic heterocycles. The van der Waals surface area contributed by atoms with Crippen LogP contribution in [0.5, 0.6) is 0 Å². The lowest BCUT2D eigenvalue weighted by Crippen LogP contribution is -2.12. The van der Waals surface area contributed by atoms with E-state index in [-0.39, 0.29) is 18.2 Å². The summed E-state index contributed by atoms with van der Waals surface area (Å²) in [5.74, 6) is -0.876. The number of nitrogens with two attached hydrogens (primary N) is 2. The fourth-order valence-electron chi connectivity index (χ4n) is 2.96. The maximum atomic E-state index is 11.2. The van der Waals surface area contributed by atoms with E-state index in [0.29, 0.717) is 5.56 Å². The van der Waals surface area contributed by atoms with Crippen molar-refractivity contribution in [3.8, 4) is 0 Å². The van der Waals surface area contributed by atoms with Gasteiger partial charge in [0.05, 0.1) is 6.42 Å². The average Bonchev–Trinajstić information content (AvgIpc) is 2.59. The molecule has 2 rings (SSSR count). The number of aliphatic carboxylic acids is 1. The van der Waals surface area contributed by atoms with E-state index in [4.69, 9.17) is 16.9 Å². The topological polar surface area (TPSA) is 113 Å². The van der Waals surface area contributed by atoms with E-state index in [0.717, 1.165) is 36.9 Å². The van der Waals surface area contributed by atoms with Crippen LogP contribution in [0.4, 0.5) is 5.69 Å². The Morgan fingerprint density at radius 1 is 1.12 bits per heavy atom. The van der Waals surface area contributed by atoms with Crippen molar-refractivity contribution in [2.24, 2.45) is 5.73 Å². The number of carboxylic acids is 1. The first kappa shape index (κ1) is 18.5. The first-order valence-corrected chi connectivity index (χ1v) is 8.46. The van der Waals surface area contributed by atoms with Crippen molar-refractivity contribution in [3.63, 3.8) is 0 Å². The summed E-state index contributed by atoms with van der Waals surface area (Å²) in [6.07, 6.45) is 3.76. The van der Waals surface area contributed by atoms with E-state index >= 15 is 0 Å². The molecule has 5 heteroatoms. The Morgan fingerprint density at radius 2 is 1.84 bits per heavy atom. The number of benzene rings is 2. The highest BCUT2D eigenvalue weighted by molar-refractivity contribution is 5.95. The van der Waals surface area contributed by atoms with Crippen LogP contribution < -0.4 is 11.5 Å². The Morgan fingerprint density at radius 3 is 2.48 bits per heavy atom. The van der Waals surface area contributed by atoms with Gasteiger partial charge in [0, 0.05) is 11.3 Å². The fraction of sp³-hybridized carbons (Fsp3) is 0.300. The highest BCUT2D eigenvalue weighted by atomic mass is 16.4. The number of aryl methyl sites for hydroxylation is 1. The lowest BCUT2D eigenvalue weighted by atomic mass is 9.89. The summed E-state index contributed by atoms with van der Waals surface area (Å²) < 4.78 is 0. The summed E-state index contributed by atoms with van der Waals surface area (Å²) in [5.41, 5.74) is 14.8. The normalized spacial score (nSPS) is 11.8. The van der Waals surface area contributed by atoms with Crippen molar-refractivity contribution < 1.29 is 9.90 Å². The third kappa shape index (κ3) is 5.95. The van der Waals surface area contributed by atoms with Gasteiger partial charge in [-0.25, -0.2) is 0 Å². The number of carboxylic acid groups (broad SMARTS) is 1. The molecule has 0 aliphatic carbocycles. The van der Waals surface area contributed by atoms with Gasteiger partial charge in [0.25, 0.3) is 0 Å². The predicted octanol–water partition coefficient (Wildman–Crippen LogP) is 3.52. The van der Waals surface area contributed by atoms with E-state index in [1.807, 2.05) is 42.5 Å². The van der Waals surface area contributed by atoms with Gasteiger partial charge >= 0.3 is 5.97 Å². The monoisotopic (exact) mass is 339 g/mol. The lowest BCUT2D eigenvalue weighted by Gasteiger charge is -2.16. The van der Waals surface area contributed by atoms with Crippen molar-refractivity contribution in [1.82, 2.24) is 0 Å². The molecule has 0 saturated heterocycles. The fourth-order valence-corrected chi connectivity index (χ4v) is 2.96. The molecule has 5 nitrogen and oxygen atoms in total. The van der Waals surface area contributed by atoms with E-state index in [9.17, 15) is 9.90 Å². The van der Waals surface area contributed by atoms with Crippen LogP contribution in [-0.2, 0) is 11.2 Å². The molecule has 2 aromatic rings. The lowest BCUT2D eigenvalue weighted by molar-refractivity contribution is -0.137. The molecule has 132 valence electrons. The van der Waals surface area contributed by atoms with Gasteiger partial charge in [-0.05, 0) is 54.5 Å². The molecule has 1 unspecified atom stereocenters. The maximum absolute atomic E-state index is 11.2. The number of hydrogen-bond acceptors (Lipinski definition) is 3. The van der Waals surface area contributed by atoms with Crippen molar-refractivity contribution in [2.75, 3.05) is 5.73 Å². The summed E-state index contributed by atoms with van der Waals surface area (Å²) >= 11 is 0. The largest absolute Gasteiger partial charge is 0.481 e. The third-order valence-corrected chi connectivity index (χ3v) is 4.34. The Labute approximate surface area is 148 Å². The van der Waals surface area contributed by atoms with Gasteiger partial charge in [-0.15, -0.1) is 0 Å². The summed E-state index contributed by atoms with van der Waals surface area (Å²) in [6, 6.07) is 15.2. The van der Waals surface area contributed by atoms with Gasteiger partial charge in [-0.3, -0.25) is 10.2 Å². The summed E-state index contributed by atoms with van der Waals surface area (Å²) in [5, 5.41) is 16.8. The van der Waals surface area contributed by atoms with Crippen LogP contribution in [0.1, 0.15) is 48.3 Å². The third-order valence-electron chi connectivity index (χ3n) is 4.34. The SMILES string of the molecule is N=C(N)c1cccc(C(CCCCc2ccc(N)cc2)CC(=O)O)c1. The minimum Gasteiger partial charge on any atom is -0.481 e. The average molecular weight is 339 g/mol. The van der Waals surface area contributed by atoms with Crippen LogP contribution in [-0.4, -0.2) is 16.9 Å². The molecule has 25 heavy (non-hydrogen) atoms. The van der Waals surface area contributed by atoms with Gasteiger partial charge in [-0.2, -0.15) is 0 Å². The van der Waals surface area contributed by atoms with Crippen LogP contribution in [0.2, 0.25) is 0 Å². The highest BCUT2D eigenvalue weighted by Crippen LogP contribution is 2.27. The van der Waals surface area contributed by atoms with Crippen LogP contribution in [0.25, 0.3) is 0 Å². The van der Waals surface area contributed by atoms with Gasteiger partial charge in [0.1, 0.15) is 5.84 Å². The first-order chi connectivity index (χ1) is 12.0. The number of carbonyl (C=O) groups is 1. The predicted molar refractivity (Wildman–Crippen MR) is 101 cm³/mol. The summed E-state index contributed by atoms with van der Waals surface area (Å²) in [6.45, 7) is 0. The highest BCUT2D eigenvalue weighted by Gasteiger charge is 2.16. The molecule has 0 spiro atoms. The number of hydrogen-bond donors (Lipinski definition) is 4. The van der Waals surface area contributed by atoms with Crippen molar-refractivity contribution in [2.45, 2.75) is 38.0 Å². The van der Waals surface area contributed by atoms with Crippen LogP contribution in [0.15, 0.2) is 48.5 Å². The second-order valence-electron chi connectivity index (χ2n) is 6.32. The van der Waals surface area contributed by atoms with Crippen LogP contribution in [0.3, 0.4) is 0 Å². The molecule has 0 saturated carbocycles. The van der Waals surface area contributed by atoms with Gasteiger partial charge in [-0.1, -0.05) is 36.8 Å². The number of nitrogen functional groups attached to an aromatic ring is 2. The zero-order valence-corrected chi connectivity index (χ0v) is 14.2. The number of unbranched alkanes of at least 4 members (excludes halogenated alkanes) is 1. The molecular formula is C20H25N3O2. The smallest absolute Gasteiger partial charge is 0.303 e. The second-order valence-corrected chi connectivity index (χ2v) is 6.32. The standard InChI is InChI=1S/C20H25N3O2/c21-18-10-8-14(9-11-18)4-1-2-5-16(13-19(24)25)15-6-3-7-17(12-15)20(22)23/h3,6-12,16H,1-2,4-5,13,21H2,(H3,22,23)(H,24,25). The van der Waals surface area contributed by atoms with Gasteiger partial charge in [0.15, 0.2) is 0 Å². The summed E-state index contributed by atoms with van der Waals surface area (Å²) in [7, 11) is 0. The molecule has 0 bridgehead atoms. The van der Waals surface area contributed by atoms with Crippen molar-refractivity contribution in [3.05, 3.63) is 65.2 Å². The van der Waals surface area contributed by atoms with E-state index < -0.39 is 5.97 Å². The quantitative estimate of drug-likeness (QED) is 0.242. The molecular weight excluding hydrogens is 314 g/mol. The molecule has 0 aliphatic rings. The molecule has 2 aromatic carbocycles. The number of anilines is 1. The molecule has 0 fully saturated rings. The Hall–Kier alpha value is -2.82. The summed E-state index contributed by atoms with van der Waals surface area (Å²) in [4.78, 5) is 11.2. The Kier molecular flexibility index (Phi) is 6.57. The van der Waals surface area contributed by atoms with Gasteiger partial charge < -0.3 is 16.6 Å². The minimum atomic E-state index is -0.809. The minimum absolute atomic E-state index is 0.000671. The number of rotatable bonds is 9. The first-order valence-electron chi connectivity index (χ1n) is 8.46. The van der Waals surface area contributed by atoms with Crippen LogP contribution >= 0.6 is 0 Å². The van der Waals surface area contributed by atoms with Crippen molar-refractivity contribution in [1.29, 1.82) is 5.41 Å². The molecule has 0 amide bonds. The Balaban J connectivity index is 1.95. The molecule has 0 radical (unpaired) electrons. The molecule has 0 aromatic heterocycles. The van der Waals surface area contributed by atoms with E-state index in [2.05, 4.69) is 0 Å². The molecule has 1 atom stereocenters. The number of nitrogens with one attached hydrogen (secondary N) is 1. The number of amidine groups is 1. The van der Waals surface area contributed by atoms with Gasteiger partial charge in [0.2, 0.25) is 0 Å². The zero-order valence-electron chi connectivity index (χ0n) is 14.2. The Bertz CT molecular complexity index is 726. The van der Waals surface area contributed by atoms with Crippen molar-refractivity contribution >= 4 is 17.5 Å². The van der Waals surface area contributed by atoms with Crippen LogP contribution in [0, 0.1) is 5.41 Å².